The van der Waals surface area contributed by atoms with E-state index in [9.17, 15) is 9.59 Å². The Hall–Kier alpha value is -0.810. The van der Waals surface area contributed by atoms with E-state index in [1.165, 1.54) is 20.0 Å². The van der Waals surface area contributed by atoms with Crippen LogP contribution in [0.1, 0.15) is 38.5 Å². The molecule has 1 heterocycles. The van der Waals surface area contributed by atoms with Gasteiger partial charge in [-0.3, -0.25) is 9.59 Å². The van der Waals surface area contributed by atoms with E-state index in [2.05, 4.69) is 15.4 Å². The van der Waals surface area contributed by atoms with Crippen LogP contribution in [0.25, 0.3) is 0 Å². The molecule has 0 aromatic heterocycles. The van der Waals surface area contributed by atoms with Crippen LogP contribution in [0.3, 0.4) is 0 Å². The molecule has 0 aromatic rings. The summed E-state index contributed by atoms with van der Waals surface area (Å²) in [6.07, 6.45) is 4.94. The molecular weight excluding hydrogens is 268 g/mol. The van der Waals surface area contributed by atoms with Gasteiger partial charge >= 0.3 is 5.97 Å². The van der Waals surface area contributed by atoms with Crippen molar-refractivity contribution < 1.29 is 14.3 Å². The summed E-state index contributed by atoms with van der Waals surface area (Å²) < 4.78 is 4.53. The molecule has 2 N–H and O–H groups in total. The van der Waals surface area contributed by atoms with Crippen molar-refractivity contribution in [2.45, 2.75) is 38.5 Å². The number of amides is 1. The smallest absolute Gasteiger partial charge is 0.305 e. The van der Waals surface area contributed by atoms with Crippen molar-refractivity contribution >= 4 is 24.3 Å². The molecule has 5 nitrogen and oxygen atoms in total. The summed E-state index contributed by atoms with van der Waals surface area (Å²) in [7, 11) is 1.37. The van der Waals surface area contributed by atoms with E-state index in [0.717, 1.165) is 19.5 Å². The third kappa shape index (κ3) is 8.83. The monoisotopic (exact) mass is 292 g/mol. The number of hydrogen-bond donors (Lipinski definition) is 2. The minimum Gasteiger partial charge on any atom is -0.469 e. The lowest BCUT2D eigenvalue weighted by Gasteiger charge is -2.22. The summed E-state index contributed by atoms with van der Waals surface area (Å²) >= 11 is 0. The molecule has 0 unspecified atom stereocenters. The van der Waals surface area contributed by atoms with Gasteiger partial charge in [0.25, 0.3) is 0 Å². The van der Waals surface area contributed by atoms with Crippen molar-refractivity contribution in [2.24, 2.45) is 5.92 Å². The number of nitrogens with one attached hydrogen (secondary N) is 2. The van der Waals surface area contributed by atoms with Gasteiger partial charge in [-0.1, -0.05) is 0 Å². The first-order chi connectivity index (χ1) is 8.72. The Kier molecular flexibility index (Phi) is 10.6. The summed E-state index contributed by atoms with van der Waals surface area (Å²) in [5.41, 5.74) is 0. The van der Waals surface area contributed by atoms with Crippen molar-refractivity contribution in [3.05, 3.63) is 0 Å². The van der Waals surface area contributed by atoms with Gasteiger partial charge in [0.1, 0.15) is 0 Å². The second kappa shape index (κ2) is 11.1. The Morgan fingerprint density at radius 3 is 2.58 bits per heavy atom. The molecule has 0 aliphatic carbocycles. The number of piperidine rings is 1. The fourth-order valence-electron chi connectivity index (χ4n) is 2.16. The first-order valence-corrected chi connectivity index (χ1v) is 6.76. The molecule has 0 aromatic carbocycles. The minimum atomic E-state index is -0.223. The van der Waals surface area contributed by atoms with Crippen LogP contribution in [-0.2, 0) is 14.3 Å². The maximum Gasteiger partial charge on any atom is 0.305 e. The van der Waals surface area contributed by atoms with Gasteiger partial charge in [-0.15, -0.1) is 12.4 Å². The average Bonchev–Trinajstić information content (AvgIpc) is 2.42. The van der Waals surface area contributed by atoms with Crippen LogP contribution in [-0.4, -0.2) is 38.6 Å². The molecule has 0 bridgehead atoms. The fraction of sp³-hybridized carbons (Fsp3) is 0.846. The van der Waals surface area contributed by atoms with Crippen molar-refractivity contribution in [2.75, 3.05) is 26.7 Å². The molecule has 6 heteroatoms. The quantitative estimate of drug-likeness (QED) is 0.547. The number of hydrogen-bond acceptors (Lipinski definition) is 4. The van der Waals surface area contributed by atoms with Crippen molar-refractivity contribution in [3.8, 4) is 0 Å². The van der Waals surface area contributed by atoms with Gasteiger partial charge < -0.3 is 15.4 Å². The van der Waals surface area contributed by atoms with Crippen molar-refractivity contribution in [1.82, 2.24) is 10.6 Å². The molecule has 1 rings (SSSR count). The largest absolute Gasteiger partial charge is 0.469 e. The third-order valence-electron chi connectivity index (χ3n) is 3.35. The van der Waals surface area contributed by atoms with Gasteiger partial charge in [0.15, 0.2) is 0 Å². The Morgan fingerprint density at radius 1 is 1.26 bits per heavy atom. The number of esters is 1. The topological polar surface area (TPSA) is 67.4 Å². The van der Waals surface area contributed by atoms with E-state index in [1.54, 1.807) is 0 Å². The SMILES string of the molecule is COC(=O)CCCNC(=O)CCC1CCNCC1.Cl. The zero-order valence-corrected chi connectivity index (χ0v) is 12.4. The van der Waals surface area contributed by atoms with Crippen LogP contribution in [0.4, 0.5) is 0 Å². The highest BCUT2D eigenvalue weighted by Gasteiger charge is 2.14. The molecule has 1 aliphatic heterocycles. The van der Waals surface area contributed by atoms with E-state index >= 15 is 0 Å². The van der Waals surface area contributed by atoms with Crippen LogP contribution >= 0.6 is 12.4 Å². The second-order valence-corrected chi connectivity index (χ2v) is 4.76. The van der Waals surface area contributed by atoms with Crippen LogP contribution in [0, 0.1) is 5.92 Å². The van der Waals surface area contributed by atoms with Gasteiger partial charge in [0, 0.05) is 19.4 Å². The summed E-state index contributed by atoms with van der Waals surface area (Å²) in [5, 5.41) is 6.16. The average molecular weight is 293 g/mol. The van der Waals surface area contributed by atoms with Gasteiger partial charge in [0.05, 0.1) is 7.11 Å². The highest BCUT2D eigenvalue weighted by atomic mass is 35.5. The molecular formula is C13H25ClN2O3. The van der Waals surface area contributed by atoms with E-state index in [0.29, 0.717) is 31.7 Å². The zero-order chi connectivity index (χ0) is 13.2. The van der Waals surface area contributed by atoms with Crippen LogP contribution < -0.4 is 10.6 Å². The maximum atomic E-state index is 11.6. The summed E-state index contributed by atoms with van der Waals surface area (Å²) in [6, 6.07) is 0. The van der Waals surface area contributed by atoms with E-state index in [1.807, 2.05) is 0 Å². The number of methoxy groups -OCH3 is 1. The molecule has 0 saturated carbocycles. The van der Waals surface area contributed by atoms with Crippen molar-refractivity contribution in [3.63, 3.8) is 0 Å². The maximum absolute atomic E-state index is 11.6. The standard InChI is InChI=1S/C13H24N2O3.ClH/c1-18-13(17)3-2-8-15-12(16)5-4-11-6-9-14-10-7-11;/h11,14H,2-10H2,1H3,(H,15,16);1H. The molecule has 1 saturated heterocycles. The molecule has 1 aliphatic rings. The lowest BCUT2D eigenvalue weighted by Crippen LogP contribution is -2.29. The van der Waals surface area contributed by atoms with Gasteiger partial charge in [-0.25, -0.2) is 0 Å². The predicted octanol–water partition coefficient (Wildman–Crippen LogP) is 1.26. The first-order valence-electron chi connectivity index (χ1n) is 6.76. The first kappa shape index (κ1) is 18.2. The predicted molar refractivity (Wildman–Crippen MR) is 76.3 cm³/mol. The van der Waals surface area contributed by atoms with Crippen LogP contribution in [0.2, 0.25) is 0 Å². The van der Waals surface area contributed by atoms with Gasteiger partial charge in [-0.2, -0.15) is 0 Å². The molecule has 0 radical (unpaired) electrons. The Morgan fingerprint density at radius 2 is 1.95 bits per heavy atom. The summed E-state index contributed by atoms with van der Waals surface area (Å²) in [5.74, 6) is 0.560. The fourth-order valence-corrected chi connectivity index (χ4v) is 2.16. The highest BCUT2D eigenvalue weighted by Crippen LogP contribution is 2.17. The molecule has 112 valence electrons. The van der Waals surface area contributed by atoms with Crippen molar-refractivity contribution in [1.29, 1.82) is 0 Å². The minimum absolute atomic E-state index is 0. The van der Waals surface area contributed by atoms with Crippen LogP contribution in [0.15, 0.2) is 0 Å². The highest BCUT2D eigenvalue weighted by molar-refractivity contribution is 5.85. The summed E-state index contributed by atoms with van der Waals surface area (Å²) in [4.78, 5) is 22.4. The number of halogens is 1. The molecule has 0 spiro atoms. The molecule has 1 amide bonds. The van der Waals surface area contributed by atoms with Crippen LogP contribution in [0.5, 0.6) is 0 Å². The Balaban J connectivity index is 0.00000324. The third-order valence-corrected chi connectivity index (χ3v) is 3.35. The Labute approximate surface area is 121 Å². The number of carbonyl (C=O) groups excluding carboxylic acids is 2. The van der Waals surface area contributed by atoms with E-state index in [4.69, 9.17) is 0 Å². The zero-order valence-electron chi connectivity index (χ0n) is 11.6. The molecule has 19 heavy (non-hydrogen) atoms. The number of rotatable bonds is 7. The summed E-state index contributed by atoms with van der Waals surface area (Å²) in [6.45, 7) is 2.71. The molecule has 0 atom stereocenters. The normalized spacial score (nSPS) is 15.4. The lowest BCUT2D eigenvalue weighted by molar-refractivity contribution is -0.140. The van der Waals surface area contributed by atoms with E-state index in [-0.39, 0.29) is 24.3 Å². The van der Waals surface area contributed by atoms with E-state index < -0.39 is 0 Å². The van der Waals surface area contributed by atoms with Gasteiger partial charge in [-0.05, 0) is 44.7 Å². The second-order valence-electron chi connectivity index (χ2n) is 4.76. The van der Waals surface area contributed by atoms with Gasteiger partial charge in [0.2, 0.25) is 5.91 Å². The molecule has 1 fully saturated rings. The lowest BCUT2D eigenvalue weighted by atomic mass is 9.93. The number of carbonyl (C=O) groups is 2. The number of ether oxygens (including phenoxy) is 1. The Bertz CT molecular complexity index is 269.